The van der Waals surface area contributed by atoms with Gasteiger partial charge in [0.05, 0.1) is 0 Å². The van der Waals surface area contributed by atoms with Crippen LogP contribution in [0.2, 0.25) is 0 Å². The number of hydrogen-bond acceptors (Lipinski definition) is 0. The summed E-state index contributed by atoms with van der Waals surface area (Å²) in [5.74, 6) is 0. The van der Waals surface area contributed by atoms with Crippen LogP contribution >= 0.6 is 0 Å². The maximum Gasteiger partial charge on any atom is 0 e. The zero-order valence-corrected chi connectivity index (χ0v) is 7.05. The van der Waals surface area contributed by atoms with Crippen molar-refractivity contribution in [3.8, 4) is 0 Å². The van der Waals surface area contributed by atoms with Gasteiger partial charge in [0.15, 0.2) is 0 Å². The Hall–Kier alpha value is 2.38. The molecule has 4 heavy (non-hydrogen) atoms. The van der Waals surface area contributed by atoms with Gasteiger partial charge in [-0.05, 0) is 0 Å². The summed E-state index contributed by atoms with van der Waals surface area (Å²) in [5, 5.41) is 0. The summed E-state index contributed by atoms with van der Waals surface area (Å²) >= 11 is 0. The van der Waals surface area contributed by atoms with Crippen molar-refractivity contribution in [1.82, 2.24) is 0 Å². The first-order chi connectivity index (χ1) is 0. The molecule has 2 radical (unpaired) electrons. The first-order valence-corrected chi connectivity index (χ1v) is 0. The van der Waals surface area contributed by atoms with Gasteiger partial charge in [-0.2, -0.15) is 0 Å². The Morgan fingerprint density at radius 2 is 0.750 bits per heavy atom. The van der Waals surface area contributed by atoms with Crippen molar-refractivity contribution in [3.63, 3.8) is 0 Å². The molecule has 0 aromatic heterocycles. The van der Waals surface area contributed by atoms with E-state index in [1.165, 1.54) is 0 Å². The van der Waals surface area contributed by atoms with Crippen LogP contribution in [0, 0.1) is 0 Å². The third kappa shape index (κ3) is 8.83. The molecule has 4 heteroatoms. The molecule has 0 amide bonds. The van der Waals surface area contributed by atoms with Crippen LogP contribution in [0.25, 0.3) is 0 Å². The quantitative estimate of drug-likeness (QED) is 0.491. The average molecular weight is 208 g/mol. The summed E-state index contributed by atoms with van der Waals surface area (Å²) in [6.07, 6.45) is 0. The number of hydrogen-bond donors (Lipinski definition) is 0. The first-order valence-electron chi connectivity index (χ1n) is 0. The fourth-order valence-electron chi connectivity index (χ4n) is 0. The van der Waals surface area contributed by atoms with E-state index in [4.69, 9.17) is 0 Å². The van der Waals surface area contributed by atoms with Gasteiger partial charge >= 0.3 is 0 Å². The summed E-state index contributed by atoms with van der Waals surface area (Å²) in [6.45, 7) is 0. The topological polar surface area (TPSA) is 0 Å². The molecule has 0 aliphatic rings. The molecule has 24 valence electrons. The number of rotatable bonds is 0. The van der Waals surface area contributed by atoms with Crippen molar-refractivity contribution in [2.75, 3.05) is 0 Å². The smallest absolute Gasteiger partial charge is 0 e. The molecule has 0 spiro atoms. The van der Waals surface area contributed by atoms with Crippen LogP contribution in [-0.2, 0) is 75.3 Å². The van der Waals surface area contributed by atoms with E-state index in [2.05, 4.69) is 0 Å². The summed E-state index contributed by atoms with van der Waals surface area (Å²) in [4.78, 5) is 0. The minimum atomic E-state index is 0. The van der Waals surface area contributed by atoms with Gasteiger partial charge in [-0.15, -0.1) is 0 Å². The molecule has 0 aliphatic heterocycles. The van der Waals surface area contributed by atoms with E-state index >= 15 is 0 Å². The molecule has 0 fully saturated rings. The molecule has 0 aromatic carbocycles. The largest absolute Gasteiger partial charge is 0 e. The van der Waals surface area contributed by atoms with E-state index in [0.717, 1.165) is 0 Å². The van der Waals surface area contributed by atoms with Crippen LogP contribution in [0.1, 0.15) is 0 Å². The monoisotopic (exact) mass is 208 g/mol. The van der Waals surface area contributed by atoms with Crippen LogP contribution in [0.3, 0.4) is 0 Å². The van der Waals surface area contributed by atoms with Crippen molar-refractivity contribution >= 4 is 0 Å². The van der Waals surface area contributed by atoms with Gasteiger partial charge in [0.25, 0.3) is 0 Å². The second-order valence-electron chi connectivity index (χ2n) is 0. The molecule has 0 saturated heterocycles. The van der Waals surface area contributed by atoms with E-state index in [-0.39, 0.29) is 75.3 Å². The van der Waals surface area contributed by atoms with Gasteiger partial charge in [0.1, 0.15) is 0 Å². The van der Waals surface area contributed by atoms with Gasteiger partial charge in [-0.25, -0.2) is 0 Å². The Morgan fingerprint density at radius 3 is 0.750 bits per heavy atom. The minimum absolute atomic E-state index is 0. The minimum Gasteiger partial charge on any atom is 0 e. The molecule has 0 rings (SSSR count). The molecule has 0 bridgehead atoms. The van der Waals surface area contributed by atoms with E-state index < -0.39 is 0 Å². The molecule has 0 heterocycles. The third-order valence-corrected chi connectivity index (χ3v) is 0. The predicted octanol–water partition coefficient (Wildman–Crippen LogP) is -0.0100. The van der Waals surface area contributed by atoms with Gasteiger partial charge in [0, 0.05) is 75.3 Å². The fourth-order valence-corrected chi connectivity index (χ4v) is 0. The molecule has 0 aromatic rings. The van der Waals surface area contributed by atoms with Gasteiger partial charge < -0.3 is 0 Å². The van der Waals surface area contributed by atoms with Crippen LogP contribution in [0.15, 0.2) is 0 Å². The molecule has 0 N–H and O–H groups in total. The van der Waals surface area contributed by atoms with Crippen molar-refractivity contribution < 1.29 is 75.3 Å². The second-order valence-corrected chi connectivity index (χ2v) is 0. The normalized spacial score (nSPS) is 0. The van der Waals surface area contributed by atoms with Crippen LogP contribution in [-0.4, -0.2) is 0 Å². The summed E-state index contributed by atoms with van der Waals surface area (Å²) in [6, 6.07) is 0. The van der Waals surface area contributed by atoms with E-state index in [1.807, 2.05) is 0 Å². The molecule has 0 saturated carbocycles. The van der Waals surface area contributed by atoms with Gasteiger partial charge in [0.2, 0.25) is 0 Å². The molecule has 0 nitrogen and oxygen atoms in total. The maximum absolute atomic E-state index is 0. The summed E-state index contributed by atoms with van der Waals surface area (Å²) in [5.41, 5.74) is 0. The Balaban J connectivity index is 0. The van der Waals surface area contributed by atoms with E-state index in [0.29, 0.717) is 0 Å². The Morgan fingerprint density at radius 1 is 0.750 bits per heavy atom. The fraction of sp³-hybridized carbons (Fsp3) is 0. The average Bonchev–Trinajstić information content (AvgIpc) is 0. The first kappa shape index (κ1) is 32.6. The van der Waals surface area contributed by atoms with E-state index in [9.17, 15) is 0 Å². The summed E-state index contributed by atoms with van der Waals surface area (Å²) < 4.78 is 0. The van der Waals surface area contributed by atoms with Gasteiger partial charge in [-0.1, -0.05) is 0 Å². The molecular formula is NiTiV2. The molecule has 0 unspecified atom stereocenters. The van der Waals surface area contributed by atoms with Crippen molar-refractivity contribution in [2.24, 2.45) is 0 Å². The standard InChI is InChI=1S/Ni.Ti.2V. The van der Waals surface area contributed by atoms with Crippen LogP contribution < -0.4 is 0 Å². The molecular weight excluding hydrogens is 208 g/mol. The molecule has 0 aliphatic carbocycles. The SMILES string of the molecule is [Ni].[Ti].[V].[V]. The van der Waals surface area contributed by atoms with Crippen molar-refractivity contribution in [3.05, 3.63) is 0 Å². The zero-order valence-electron chi connectivity index (χ0n) is 1.71. The Labute approximate surface area is 74.4 Å². The third-order valence-electron chi connectivity index (χ3n) is 0. The Kier molecular flexibility index (Phi) is 149. The summed E-state index contributed by atoms with van der Waals surface area (Å²) in [7, 11) is 0. The maximum atomic E-state index is 0. The van der Waals surface area contributed by atoms with E-state index in [1.54, 1.807) is 0 Å². The van der Waals surface area contributed by atoms with Crippen molar-refractivity contribution in [2.45, 2.75) is 0 Å². The second kappa shape index (κ2) is 18.2. The van der Waals surface area contributed by atoms with Gasteiger partial charge in [-0.3, -0.25) is 0 Å². The van der Waals surface area contributed by atoms with Crippen molar-refractivity contribution in [1.29, 1.82) is 0 Å². The zero-order chi connectivity index (χ0) is 0. The van der Waals surface area contributed by atoms with Crippen LogP contribution in [0.5, 0.6) is 0 Å². The Bertz CT molecular complexity index is 6.00. The van der Waals surface area contributed by atoms with Crippen LogP contribution in [0.4, 0.5) is 0 Å². The predicted molar refractivity (Wildman–Crippen MR) is 0 cm³/mol. The molecule has 0 atom stereocenters.